The Morgan fingerprint density at radius 3 is 2.28 bits per heavy atom. The van der Waals surface area contributed by atoms with Crippen LogP contribution in [0, 0.1) is 0 Å². The predicted octanol–water partition coefficient (Wildman–Crippen LogP) is -0.759. The minimum absolute atomic E-state index is 0.0305. The van der Waals surface area contributed by atoms with E-state index in [2.05, 4.69) is 4.90 Å². The Labute approximate surface area is 174 Å². The Morgan fingerprint density at radius 1 is 1.00 bits per heavy atom. The number of carbonyl (C=O) groups is 1. The topological polar surface area (TPSA) is 121 Å². The number of hydrogen-bond donors (Lipinski definition) is 1. The second-order valence-electron chi connectivity index (χ2n) is 8.47. The Hall–Kier alpha value is -0.750. The van der Waals surface area contributed by atoms with E-state index in [-0.39, 0.29) is 29.2 Å². The second kappa shape index (κ2) is 8.78. The summed E-state index contributed by atoms with van der Waals surface area (Å²) in [6.07, 6.45) is 4.34. The quantitative estimate of drug-likeness (QED) is 0.490. The van der Waals surface area contributed by atoms with Gasteiger partial charge in [-0.2, -0.15) is 4.31 Å². The second-order valence-corrected chi connectivity index (χ2v) is 13.0. The van der Waals surface area contributed by atoms with Crippen molar-refractivity contribution in [3.05, 3.63) is 0 Å². The van der Waals surface area contributed by atoms with E-state index in [0.717, 1.165) is 32.1 Å². The third-order valence-corrected chi connectivity index (χ3v) is 10.4. The summed E-state index contributed by atoms with van der Waals surface area (Å²) in [5.74, 6) is -0.152. The van der Waals surface area contributed by atoms with E-state index in [0.29, 0.717) is 39.3 Å². The van der Waals surface area contributed by atoms with Gasteiger partial charge in [0.15, 0.2) is 9.84 Å². The van der Waals surface area contributed by atoms with Crippen molar-refractivity contribution in [2.45, 2.75) is 50.6 Å². The smallest absolute Gasteiger partial charge is 0.237 e. The molecule has 2 N–H and O–H groups in total. The Bertz CT molecular complexity index is 804. The molecular weight excluding hydrogens is 416 g/mol. The average Bonchev–Trinajstić information content (AvgIpc) is 2.89. The van der Waals surface area contributed by atoms with Crippen LogP contribution in [0.15, 0.2) is 0 Å². The van der Waals surface area contributed by atoms with Crippen molar-refractivity contribution in [3.63, 3.8) is 0 Å². The number of primary amides is 1. The Morgan fingerprint density at radius 2 is 1.66 bits per heavy atom. The number of nitrogens with two attached hydrogens (primary N) is 1. The van der Waals surface area contributed by atoms with E-state index in [1.165, 1.54) is 4.31 Å². The first-order chi connectivity index (χ1) is 13.6. The molecule has 0 aromatic rings. The first kappa shape index (κ1) is 22.9. The zero-order valence-electron chi connectivity index (χ0n) is 17.3. The van der Waals surface area contributed by atoms with E-state index in [1.807, 2.05) is 4.90 Å². The van der Waals surface area contributed by atoms with Crippen LogP contribution in [0.4, 0.5) is 0 Å². The zero-order chi connectivity index (χ0) is 21.3. The maximum Gasteiger partial charge on any atom is 0.237 e. The number of piperazine rings is 1. The first-order valence-electron chi connectivity index (χ1n) is 10.6. The van der Waals surface area contributed by atoms with Crippen LogP contribution >= 0.6 is 0 Å². The lowest BCUT2D eigenvalue weighted by Gasteiger charge is -2.42. The third kappa shape index (κ3) is 4.95. The molecule has 1 amide bonds. The predicted molar refractivity (Wildman–Crippen MR) is 112 cm³/mol. The number of amides is 1. The number of hydrogen-bond acceptors (Lipinski definition) is 7. The highest BCUT2D eigenvalue weighted by Crippen LogP contribution is 2.43. The third-order valence-electron chi connectivity index (χ3n) is 6.92. The van der Waals surface area contributed by atoms with Gasteiger partial charge in [-0.15, -0.1) is 0 Å². The van der Waals surface area contributed by atoms with Gasteiger partial charge in [-0.3, -0.25) is 14.6 Å². The van der Waals surface area contributed by atoms with Crippen LogP contribution in [-0.2, 0) is 24.7 Å². The fraction of sp³-hybridized carbons (Fsp3) is 0.944. The van der Waals surface area contributed by atoms with Crippen molar-refractivity contribution in [1.29, 1.82) is 0 Å². The number of rotatable bonds is 9. The van der Waals surface area contributed by atoms with E-state index < -0.39 is 25.4 Å². The zero-order valence-corrected chi connectivity index (χ0v) is 18.9. The molecule has 11 heteroatoms. The standard InChI is InChI=1S/C18H34N4O5S2/c1-2-29(26,27)21-10-8-20(9-11-21)12-14-28(24,25)15-13-22-16-4-3-6-18(22,7-5-16)17(19)23/h16H,2-15H2,1H3,(H2,19,23). The van der Waals surface area contributed by atoms with E-state index in [9.17, 15) is 21.6 Å². The Kier molecular flexibility index (Phi) is 6.94. The van der Waals surface area contributed by atoms with E-state index >= 15 is 0 Å². The highest BCUT2D eigenvalue weighted by molar-refractivity contribution is 7.91. The SMILES string of the molecule is CCS(=O)(=O)N1CCN(CCS(=O)(=O)CCN2C3CCCC2(C(N)=O)CC3)CC1. The number of sulfonamides is 1. The van der Waals surface area contributed by atoms with Crippen molar-refractivity contribution >= 4 is 25.8 Å². The average molecular weight is 451 g/mol. The summed E-state index contributed by atoms with van der Waals surface area (Å²) in [6, 6.07) is 0.264. The van der Waals surface area contributed by atoms with Crippen LogP contribution in [0.2, 0.25) is 0 Å². The monoisotopic (exact) mass is 450 g/mol. The maximum atomic E-state index is 12.6. The lowest BCUT2D eigenvalue weighted by atomic mass is 9.87. The van der Waals surface area contributed by atoms with Gasteiger partial charge in [-0.05, 0) is 39.0 Å². The first-order valence-corrected chi connectivity index (χ1v) is 14.0. The van der Waals surface area contributed by atoms with Crippen LogP contribution in [0.1, 0.15) is 39.0 Å². The molecule has 168 valence electrons. The molecule has 0 saturated carbocycles. The summed E-state index contributed by atoms with van der Waals surface area (Å²) in [5.41, 5.74) is 5.04. The normalized spacial score (nSPS) is 29.9. The molecule has 3 rings (SSSR count). The molecule has 3 aliphatic heterocycles. The lowest BCUT2D eigenvalue weighted by molar-refractivity contribution is -0.131. The van der Waals surface area contributed by atoms with Gasteiger partial charge < -0.3 is 5.73 Å². The Balaban J connectivity index is 1.48. The highest BCUT2D eigenvalue weighted by Gasteiger charge is 2.52. The van der Waals surface area contributed by atoms with Gasteiger partial charge in [0.1, 0.15) is 5.54 Å². The summed E-state index contributed by atoms with van der Waals surface area (Å²) in [4.78, 5) is 16.2. The molecule has 0 aromatic carbocycles. The molecule has 3 aliphatic rings. The number of fused-ring (bicyclic) bond motifs is 2. The molecule has 0 radical (unpaired) electrons. The molecule has 0 aromatic heterocycles. The minimum atomic E-state index is -3.27. The van der Waals surface area contributed by atoms with Gasteiger partial charge in [0.05, 0.1) is 17.3 Å². The van der Waals surface area contributed by atoms with Crippen molar-refractivity contribution in [1.82, 2.24) is 14.1 Å². The maximum absolute atomic E-state index is 12.6. The van der Waals surface area contributed by atoms with Crippen LogP contribution in [0.25, 0.3) is 0 Å². The number of sulfone groups is 1. The summed E-state index contributed by atoms with van der Waals surface area (Å²) in [7, 11) is -6.45. The largest absolute Gasteiger partial charge is 0.368 e. The fourth-order valence-electron chi connectivity index (χ4n) is 5.06. The van der Waals surface area contributed by atoms with Crippen LogP contribution < -0.4 is 5.73 Å². The number of carbonyl (C=O) groups excluding carboxylic acids is 1. The minimum Gasteiger partial charge on any atom is -0.368 e. The summed E-state index contributed by atoms with van der Waals surface area (Å²) in [6.45, 7) is 4.32. The van der Waals surface area contributed by atoms with Crippen molar-refractivity contribution in [2.24, 2.45) is 5.73 Å². The van der Waals surface area contributed by atoms with Crippen molar-refractivity contribution in [2.75, 3.05) is 56.5 Å². The fourth-order valence-corrected chi connectivity index (χ4v) is 7.36. The van der Waals surface area contributed by atoms with Crippen LogP contribution in [0.5, 0.6) is 0 Å². The number of nitrogens with zero attached hydrogens (tertiary/aromatic N) is 3. The van der Waals surface area contributed by atoms with E-state index in [1.54, 1.807) is 6.92 Å². The van der Waals surface area contributed by atoms with Crippen LogP contribution in [0.3, 0.4) is 0 Å². The highest BCUT2D eigenvalue weighted by atomic mass is 32.2. The van der Waals surface area contributed by atoms with Crippen molar-refractivity contribution < 1.29 is 21.6 Å². The lowest BCUT2D eigenvalue weighted by Crippen LogP contribution is -2.59. The summed E-state index contributed by atoms with van der Waals surface area (Å²) < 4.78 is 50.6. The molecule has 0 spiro atoms. The molecule has 29 heavy (non-hydrogen) atoms. The molecule has 3 saturated heterocycles. The molecule has 2 bridgehead atoms. The van der Waals surface area contributed by atoms with Crippen molar-refractivity contribution in [3.8, 4) is 0 Å². The molecule has 3 fully saturated rings. The molecule has 2 atom stereocenters. The molecule has 9 nitrogen and oxygen atoms in total. The van der Waals surface area contributed by atoms with Gasteiger partial charge in [-0.1, -0.05) is 0 Å². The van der Waals surface area contributed by atoms with Gasteiger partial charge in [0.25, 0.3) is 0 Å². The number of piperidine rings is 1. The van der Waals surface area contributed by atoms with Gasteiger partial charge >= 0.3 is 0 Å². The molecular formula is C18H34N4O5S2. The molecule has 2 unspecified atom stereocenters. The van der Waals surface area contributed by atoms with Gasteiger partial charge in [-0.25, -0.2) is 16.8 Å². The summed E-state index contributed by atoms with van der Waals surface area (Å²) in [5, 5.41) is 0. The summed E-state index contributed by atoms with van der Waals surface area (Å²) >= 11 is 0. The van der Waals surface area contributed by atoms with E-state index in [4.69, 9.17) is 5.73 Å². The van der Waals surface area contributed by atoms with Crippen LogP contribution in [-0.4, -0.2) is 105 Å². The van der Waals surface area contributed by atoms with Gasteiger partial charge in [0, 0.05) is 45.3 Å². The van der Waals surface area contributed by atoms with Gasteiger partial charge in [0.2, 0.25) is 15.9 Å². The molecule has 3 heterocycles. The molecule has 0 aliphatic carbocycles.